The van der Waals surface area contributed by atoms with Gasteiger partial charge in [-0.2, -0.15) is 0 Å². The van der Waals surface area contributed by atoms with Gasteiger partial charge in [-0.3, -0.25) is 9.52 Å². The van der Waals surface area contributed by atoms with E-state index in [4.69, 9.17) is 4.74 Å². The molecule has 0 heterocycles. The molecule has 0 unspecified atom stereocenters. The molecular weight excluding hydrogens is 352 g/mol. The van der Waals surface area contributed by atoms with Gasteiger partial charge in [0, 0.05) is 18.8 Å². The second-order valence-corrected chi connectivity index (χ2v) is 7.44. The first-order chi connectivity index (χ1) is 12.4. The van der Waals surface area contributed by atoms with Crippen LogP contribution in [0.4, 0.5) is 5.69 Å². The quantitative estimate of drug-likeness (QED) is 0.768. The van der Waals surface area contributed by atoms with Crippen molar-refractivity contribution in [3.8, 4) is 5.75 Å². The van der Waals surface area contributed by atoms with Crippen LogP contribution in [0.1, 0.15) is 19.4 Å². The molecule has 0 saturated heterocycles. The number of carbonyl (C=O) groups excluding carboxylic acids is 1. The summed E-state index contributed by atoms with van der Waals surface area (Å²) in [6.07, 6.45) is 0. The lowest BCUT2D eigenvalue weighted by Gasteiger charge is -2.19. The summed E-state index contributed by atoms with van der Waals surface area (Å²) in [5, 5.41) is 0. The van der Waals surface area contributed by atoms with Gasteiger partial charge in [0.05, 0.1) is 4.90 Å². The average molecular weight is 376 g/mol. The number of ether oxygens (including phenoxy) is 1. The zero-order valence-corrected chi connectivity index (χ0v) is 16.0. The Kier molecular flexibility index (Phi) is 6.63. The highest BCUT2D eigenvalue weighted by Gasteiger charge is 2.16. The van der Waals surface area contributed by atoms with Gasteiger partial charge in [-0.15, -0.1) is 0 Å². The minimum absolute atomic E-state index is 0.0725. The average Bonchev–Trinajstić information content (AvgIpc) is 2.62. The number of aryl methyl sites for hydroxylation is 1. The summed E-state index contributed by atoms with van der Waals surface area (Å²) in [6, 6.07) is 13.3. The zero-order valence-electron chi connectivity index (χ0n) is 15.2. The number of para-hydroxylation sites is 1. The zero-order chi connectivity index (χ0) is 19.2. The van der Waals surface area contributed by atoms with Crippen molar-refractivity contribution >= 4 is 21.6 Å². The molecule has 1 N–H and O–H groups in total. The van der Waals surface area contributed by atoms with E-state index in [1.54, 1.807) is 42.2 Å². The molecule has 0 aliphatic carbocycles. The van der Waals surface area contributed by atoms with Crippen LogP contribution < -0.4 is 9.46 Å². The fourth-order valence-electron chi connectivity index (χ4n) is 2.48. The summed E-state index contributed by atoms with van der Waals surface area (Å²) < 4.78 is 33.1. The topological polar surface area (TPSA) is 75.7 Å². The van der Waals surface area contributed by atoms with E-state index in [1.165, 1.54) is 12.1 Å². The number of rotatable bonds is 8. The molecule has 2 aromatic carbocycles. The first kappa shape index (κ1) is 19.8. The number of amides is 1. The smallest absolute Gasteiger partial charge is 0.261 e. The highest BCUT2D eigenvalue weighted by molar-refractivity contribution is 7.92. The second kappa shape index (κ2) is 8.71. The molecule has 2 aromatic rings. The maximum absolute atomic E-state index is 12.5. The van der Waals surface area contributed by atoms with E-state index >= 15 is 0 Å². The van der Waals surface area contributed by atoms with Gasteiger partial charge in [-0.25, -0.2) is 8.42 Å². The number of sulfonamides is 1. The van der Waals surface area contributed by atoms with Crippen molar-refractivity contribution in [1.29, 1.82) is 0 Å². The first-order valence-electron chi connectivity index (χ1n) is 8.46. The van der Waals surface area contributed by atoms with E-state index in [1.807, 2.05) is 19.9 Å². The molecule has 0 fully saturated rings. The number of hydrogen-bond donors (Lipinski definition) is 1. The predicted octanol–water partition coefficient (Wildman–Crippen LogP) is 3.04. The molecule has 0 bridgehead atoms. The Balaban J connectivity index is 2.10. The van der Waals surface area contributed by atoms with Crippen molar-refractivity contribution in [2.45, 2.75) is 25.7 Å². The highest BCUT2D eigenvalue weighted by atomic mass is 32.2. The fourth-order valence-corrected chi connectivity index (χ4v) is 3.62. The van der Waals surface area contributed by atoms with Crippen LogP contribution in [0.3, 0.4) is 0 Å². The first-order valence-corrected chi connectivity index (χ1v) is 9.94. The normalized spacial score (nSPS) is 11.0. The summed E-state index contributed by atoms with van der Waals surface area (Å²) in [7, 11) is -3.69. The Morgan fingerprint density at radius 3 is 2.31 bits per heavy atom. The lowest BCUT2D eigenvalue weighted by molar-refractivity contribution is -0.132. The van der Waals surface area contributed by atoms with E-state index in [2.05, 4.69) is 4.72 Å². The van der Waals surface area contributed by atoms with Crippen molar-refractivity contribution < 1.29 is 17.9 Å². The van der Waals surface area contributed by atoms with Crippen LogP contribution >= 0.6 is 0 Å². The second-order valence-electron chi connectivity index (χ2n) is 5.75. The molecule has 0 aromatic heterocycles. The van der Waals surface area contributed by atoms with E-state index in [0.29, 0.717) is 30.1 Å². The molecule has 0 radical (unpaired) electrons. The molecule has 140 valence electrons. The molecule has 1 amide bonds. The molecule has 0 spiro atoms. The van der Waals surface area contributed by atoms with Gasteiger partial charge in [0.1, 0.15) is 5.75 Å². The van der Waals surface area contributed by atoms with Gasteiger partial charge < -0.3 is 9.64 Å². The molecular formula is C19H24N2O4S. The maximum atomic E-state index is 12.5. The minimum Gasteiger partial charge on any atom is -0.483 e. The van der Waals surface area contributed by atoms with E-state index in [-0.39, 0.29) is 17.4 Å². The van der Waals surface area contributed by atoms with Gasteiger partial charge in [0.25, 0.3) is 15.9 Å². The minimum atomic E-state index is -3.69. The predicted molar refractivity (Wildman–Crippen MR) is 102 cm³/mol. The third kappa shape index (κ3) is 4.98. The van der Waals surface area contributed by atoms with Gasteiger partial charge >= 0.3 is 0 Å². The SMILES string of the molecule is CCN(CC)C(=O)COc1ccc(S(=O)(=O)Nc2ccccc2)cc1C. The third-order valence-electron chi connectivity index (χ3n) is 3.95. The summed E-state index contributed by atoms with van der Waals surface area (Å²) in [4.78, 5) is 13.8. The molecule has 7 heteroatoms. The number of nitrogens with one attached hydrogen (secondary N) is 1. The number of anilines is 1. The number of carbonyl (C=O) groups is 1. The number of likely N-dealkylation sites (N-methyl/N-ethyl adjacent to an activating group) is 1. The lowest BCUT2D eigenvalue weighted by atomic mass is 10.2. The summed E-state index contributed by atoms with van der Waals surface area (Å²) in [6.45, 7) is 6.74. The van der Waals surface area contributed by atoms with Crippen molar-refractivity contribution in [1.82, 2.24) is 4.90 Å². The number of nitrogens with zero attached hydrogens (tertiary/aromatic N) is 1. The monoisotopic (exact) mass is 376 g/mol. The molecule has 0 atom stereocenters. The summed E-state index contributed by atoms with van der Waals surface area (Å²) in [5.74, 6) is 0.390. The van der Waals surface area contributed by atoms with Crippen LogP contribution in [0.5, 0.6) is 5.75 Å². The fraction of sp³-hybridized carbons (Fsp3) is 0.316. The Bertz CT molecular complexity index is 847. The molecule has 0 aliphatic heterocycles. The Labute approximate surface area is 154 Å². The molecule has 2 rings (SSSR count). The van der Waals surface area contributed by atoms with Crippen molar-refractivity contribution in [3.05, 3.63) is 54.1 Å². The molecule has 6 nitrogen and oxygen atoms in total. The lowest BCUT2D eigenvalue weighted by Crippen LogP contribution is -2.34. The van der Waals surface area contributed by atoms with Gasteiger partial charge in [0.2, 0.25) is 0 Å². The Morgan fingerprint density at radius 1 is 1.08 bits per heavy atom. The standard InChI is InChI=1S/C19H24N2O4S/c1-4-21(5-2)19(22)14-25-18-12-11-17(13-15(18)3)26(23,24)20-16-9-7-6-8-10-16/h6-13,20H,4-5,14H2,1-3H3. The third-order valence-corrected chi connectivity index (χ3v) is 5.33. The van der Waals surface area contributed by atoms with Gasteiger partial charge in [-0.1, -0.05) is 18.2 Å². The number of hydrogen-bond acceptors (Lipinski definition) is 4. The van der Waals surface area contributed by atoms with E-state index in [9.17, 15) is 13.2 Å². The Morgan fingerprint density at radius 2 is 1.73 bits per heavy atom. The summed E-state index contributed by atoms with van der Waals surface area (Å²) in [5.41, 5.74) is 1.14. The Hall–Kier alpha value is -2.54. The van der Waals surface area contributed by atoms with Crippen molar-refractivity contribution in [2.75, 3.05) is 24.4 Å². The molecule has 0 aliphatic rings. The highest BCUT2D eigenvalue weighted by Crippen LogP contribution is 2.23. The summed E-state index contributed by atoms with van der Waals surface area (Å²) >= 11 is 0. The van der Waals surface area contributed by atoms with Crippen LogP contribution in [-0.2, 0) is 14.8 Å². The van der Waals surface area contributed by atoms with Crippen LogP contribution in [0.25, 0.3) is 0 Å². The van der Waals surface area contributed by atoms with Crippen LogP contribution in [0.2, 0.25) is 0 Å². The van der Waals surface area contributed by atoms with E-state index < -0.39 is 10.0 Å². The van der Waals surface area contributed by atoms with Crippen LogP contribution in [0, 0.1) is 6.92 Å². The molecule has 0 saturated carbocycles. The largest absolute Gasteiger partial charge is 0.483 e. The number of benzene rings is 2. The van der Waals surface area contributed by atoms with Crippen molar-refractivity contribution in [3.63, 3.8) is 0 Å². The van der Waals surface area contributed by atoms with Crippen LogP contribution in [0.15, 0.2) is 53.4 Å². The maximum Gasteiger partial charge on any atom is 0.261 e. The van der Waals surface area contributed by atoms with Crippen molar-refractivity contribution in [2.24, 2.45) is 0 Å². The van der Waals surface area contributed by atoms with Gasteiger partial charge in [-0.05, 0) is 56.7 Å². The van der Waals surface area contributed by atoms with Crippen LogP contribution in [-0.4, -0.2) is 38.9 Å². The van der Waals surface area contributed by atoms with Gasteiger partial charge in [0.15, 0.2) is 6.61 Å². The molecule has 26 heavy (non-hydrogen) atoms. The van der Waals surface area contributed by atoms with E-state index in [0.717, 1.165) is 0 Å².